The van der Waals surface area contributed by atoms with E-state index < -0.39 is 10.8 Å². The molecule has 0 atom stereocenters. The minimum Gasteiger partial charge on any atom is -0.310 e. The summed E-state index contributed by atoms with van der Waals surface area (Å²) in [5, 5.41) is 0. The van der Waals surface area contributed by atoms with E-state index in [9.17, 15) is 0 Å². The van der Waals surface area contributed by atoms with Crippen LogP contribution in [0, 0.1) is 0 Å². The molecule has 0 unspecified atom stereocenters. The zero-order valence-corrected chi connectivity index (χ0v) is 76.3. The van der Waals surface area contributed by atoms with Gasteiger partial charge in [0.1, 0.15) is 0 Å². The number of anilines is 6. The van der Waals surface area contributed by atoms with Gasteiger partial charge in [0, 0.05) is 33.9 Å². The lowest BCUT2D eigenvalue weighted by molar-refractivity contribution is 0.759. The summed E-state index contributed by atoms with van der Waals surface area (Å²) in [6, 6.07) is 119. The number of hydrogen-bond donors (Lipinski definition) is 0. The Morgan fingerprint density at radius 1 is 0.175 bits per heavy atom. The Bertz CT molecular complexity index is 4320. The van der Waals surface area contributed by atoms with Crippen molar-refractivity contribution in [3.8, 4) is 44.5 Å². The Morgan fingerprint density at radius 2 is 0.404 bits per heavy atom. The third-order valence-electron chi connectivity index (χ3n) is 18.8. The molecule has 0 radical (unpaired) electrons. The number of hydrogen-bond acceptors (Lipinski definition) is 2. The van der Waals surface area contributed by atoms with Gasteiger partial charge in [-0.05, 0) is 186 Å². The zero-order chi connectivity index (χ0) is 85.3. The van der Waals surface area contributed by atoms with Crippen LogP contribution in [0.1, 0.15) is 274 Å². The van der Waals surface area contributed by atoms with E-state index in [0.717, 1.165) is 35.6 Å². The van der Waals surface area contributed by atoms with Crippen molar-refractivity contribution in [3.05, 3.63) is 382 Å². The van der Waals surface area contributed by atoms with E-state index in [1.165, 1.54) is 123 Å². The van der Waals surface area contributed by atoms with Gasteiger partial charge in [0.15, 0.2) is 0 Å². The maximum absolute atomic E-state index is 2.61. The van der Waals surface area contributed by atoms with Crippen LogP contribution in [0.5, 0.6) is 0 Å². The fourth-order valence-electron chi connectivity index (χ4n) is 15.4. The summed E-state index contributed by atoms with van der Waals surface area (Å²) < 4.78 is 0. The normalized spacial score (nSPS) is 11.0. The number of nitrogens with zero attached hydrogens (tertiary/aromatic N) is 2. The van der Waals surface area contributed by atoms with Crippen LogP contribution >= 0.6 is 0 Å². The van der Waals surface area contributed by atoms with Gasteiger partial charge in [0.05, 0.1) is 22.2 Å². The van der Waals surface area contributed by atoms with Crippen molar-refractivity contribution < 1.29 is 0 Å². The Labute approximate surface area is 697 Å². The van der Waals surface area contributed by atoms with Gasteiger partial charge in [-0.3, -0.25) is 0 Å². The highest BCUT2D eigenvalue weighted by atomic mass is 15.2. The maximum atomic E-state index is 2.61. The van der Waals surface area contributed by atoms with Crippen molar-refractivity contribution in [2.75, 3.05) is 9.80 Å². The van der Waals surface area contributed by atoms with Gasteiger partial charge in [-0.2, -0.15) is 0 Å². The van der Waals surface area contributed by atoms with E-state index in [1.807, 2.05) is 208 Å². The average molecular weight is 1520 g/mol. The second-order valence-corrected chi connectivity index (χ2v) is 23.0. The van der Waals surface area contributed by atoms with Gasteiger partial charge in [-0.15, -0.1) is 0 Å². The van der Waals surface area contributed by atoms with Crippen molar-refractivity contribution in [2.24, 2.45) is 0 Å². The van der Waals surface area contributed by atoms with Crippen LogP contribution in [0.2, 0.25) is 0 Å². The zero-order valence-electron chi connectivity index (χ0n) is 76.3. The van der Waals surface area contributed by atoms with E-state index in [1.54, 1.807) is 0 Å². The first kappa shape index (κ1) is 99.5. The van der Waals surface area contributed by atoms with Crippen LogP contribution in [-0.4, -0.2) is 0 Å². The number of rotatable bonds is 10. The lowest BCUT2D eigenvalue weighted by atomic mass is 9.66. The van der Waals surface area contributed by atoms with Crippen LogP contribution < -0.4 is 9.80 Å². The molecule has 0 heterocycles. The molecule has 4 aliphatic carbocycles. The first-order valence-corrected chi connectivity index (χ1v) is 44.5. The number of benzene rings is 13. The quantitative estimate of drug-likeness (QED) is 0.135. The summed E-state index contributed by atoms with van der Waals surface area (Å²) in [7, 11) is 0. The van der Waals surface area contributed by atoms with Crippen LogP contribution in [0.15, 0.2) is 315 Å². The third-order valence-corrected chi connectivity index (χ3v) is 18.8. The molecule has 2 heteroatoms. The predicted molar refractivity (Wildman–Crippen MR) is 517 cm³/mol. The lowest BCUT2D eigenvalue weighted by Crippen LogP contribution is -2.30. The molecule has 0 N–H and O–H groups in total. The number of fused-ring (bicyclic) bond motifs is 12. The van der Waals surface area contributed by atoms with Gasteiger partial charge < -0.3 is 9.80 Å². The van der Waals surface area contributed by atoms with Crippen LogP contribution in [0.4, 0.5) is 34.1 Å². The summed E-state index contributed by atoms with van der Waals surface area (Å²) in [6.07, 6.45) is 1.84. The van der Waals surface area contributed by atoms with Crippen molar-refractivity contribution in [1.82, 2.24) is 0 Å². The smallest absolute Gasteiger partial charge is 0.0714 e. The molecule has 0 amide bonds. The molecule has 0 aliphatic heterocycles. The molecule has 17 rings (SSSR count). The molecule has 114 heavy (non-hydrogen) atoms. The van der Waals surface area contributed by atoms with Gasteiger partial charge in [-0.1, -0.05) is 450 Å². The second-order valence-electron chi connectivity index (χ2n) is 23.0. The summed E-state index contributed by atoms with van der Waals surface area (Å²) in [4.78, 5) is 5.02. The van der Waals surface area contributed by atoms with Gasteiger partial charge >= 0.3 is 0 Å². The molecule has 13 aromatic carbocycles. The monoisotopic (exact) mass is 1520 g/mol. The van der Waals surface area contributed by atoms with E-state index in [2.05, 4.69) is 325 Å². The molecule has 604 valence electrons. The highest BCUT2D eigenvalue weighted by Crippen LogP contribution is 2.64. The summed E-state index contributed by atoms with van der Waals surface area (Å²) in [5.74, 6) is 0. The molecule has 2 nitrogen and oxygen atoms in total. The Kier molecular flexibility index (Phi) is 47.4. The Hall–Kier alpha value is -10.5. The van der Waals surface area contributed by atoms with E-state index in [4.69, 9.17) is 0 Å². The fourth-order valence-corrected chi connectivity index (χ4v) is 15.4. The van der Waals surface area contributed by atoms with Crippen molar-refractivity contribution in [3.63, 3.8) is 0 Å². The van der Waals surface area contributed by atoms with E-state index in [-0.39, 0.29) is 0 Å². The summed E-state index contributed by atoms with van der Waals surface area (Å²) >= 11 is 0. The molecule has 13 aromatic rings. The molecule has 0 saturated heterocycles. The van der Waals surface area contributed by atoms with Crippen molar-refractivity contribution >= 4 is 34.1 Å². The molecule has 0 fully saturated rings. The van der Waals surface area contributed by atoms with E-state index >= 15 is 0 Å². The minimum absolute atomic E-state index is 0.704. The summed E-state index contributed by atoms with van der Waals surface area (Å²) in [6.45, 7) is 60.0. The van der Waals surface area contributed by atoms with Crippen molar-refractivity contribution in [1.29, 1.82) is 0 Å². The summed E-state index contributed by atoms with van der Waals surface area (Å²) in [5.41, 5.74) is 31.1. The molecular weight excluding hydrogens is 1370 g/mol. The first-order valence-electron chi connectivity index (χ1n) is 44.5. The molecule has 0 spiro atoms. The van der Waals surface area contributed by atoms with Crippen LogP contribution in [0.25, 0.3) is 44.5 Å². The molecular formula is C112H146N2. The van der Waals surface area contributed by atoms with Crippen LogP contribution in [0.3, 0.4) is 0 Å². The van der Waals surface area contributed by atoms with Gasteiger partial charge in [0.25, 0.3) is 0 Å². The highest BCUT2D eigenvalue weighted by Gasteiger charge is 2.52. The fraction of sp³-hybridized carbons (Fsp3) is 0.304. The largest absolute Gasteiger partial charge is 0.310 e. The van der Waals surface area contributed by atoms with Crippen molar-refractivity contribution in [2.45, 2.75) is 231 Å². The third kappa shape index (κ3) is 20.1. The Morgan fingerprint density at radius 3 is 0.675 bits per heavy atom. The second kappa shape index (κ2) is 54.2. The van der Waals surface area contributed by atoms with Gasteiger partial charge in [0.2, 0.25) is 0 Å². The predicted octanol–water partition coefficient (Wildman–Crippen LogP) is 35.9. The maximum Gasteiger partial charge on any atom is 0.0714 e. The first-order chi connectivity index (χ1) is 56.7. The topological polar surface area (TPSA) is 6.48 Å². The average Bonchev–Trinajstić information content (AvgIpc) is 1.51. The standard InChI is InChI=1S/C82H56N2.15C2H6/c1-7-29-59(30-8-1)81(60-31-9-2-10-32-60)73-51-65(83(63-37-15-5-16-38-63)77-43-23-27-57-49-55-25-19-21-41-67(55)79(57)77)45-47-69(73)71-54-76-72(53-75(71)81)70-48-46-66(52-74(70)82(76,61-33-11-3-12-34-61)62-35-13-4-14-36-62)84(64-39-17-6-18-40-64)78-44-24-28-58-50-56-26-20-22-42-68(56)80(58)78;15*1-2/h1-48,51-54H,49-50H2;15*1-2H3. The lowest BCUT2D eigenvalue weighted by Gasteiger charge is -2.36. The van der Waals surface area contributed by atoms with Crippen LogP contribution in [-0.2, 0) is 23.7 Å². The molecule has 4 aliphatic rings. The molecule has 0 bridgehead atoms. The molecule has 0 aromatic heterocycles. The molecule has 0 saturated carbocycles. The minimum atomic E-state index is -0.704. The van der Waals surface area contributed by atoms with E-state index in [0.29, 0.717) is 0 Å². The van der Waals surface area contributed by atoms with Gasteiger partial charge in [-0.25, -0.2) is 0 Å². The Balaban J connectivity index is 0.00000133. The highest BCUT2D eigenvalue weighted by molar-refractivity contribution is 6.00. The SMILES string of the molecule is CC.CC.CC.CC.CC.CC.CC.CC.CC.CC.CC.CC.CC.CC.CC.c1ccc(N(c2ccc3c(c2)C(c2ccccc2)(c2ccccc2)c2cc4c(cc2-3)C(c2ccccc2)(c2ccccc2)c2cc(N(c3ccccc3)c3cccc5c3-c3ccccc3C5)ccc2-4)c2cccc3c2-c2ccccc2C3)cc1. The number of para-hydroxylation sites is 2.